The van der Waals surface area contributed by atoms with E-state index in [2.05, 4.69) is 24.5 Å². The Bertz CT molecular complexity index is 149. The van der Waals surface area contributed by atoms with Gasteiger partial charge >= 0.3 is 0 Å². The Balaban J connectivity index is 3.18. The molecule has 0 aromatic rings. The van der Waals surface area contributed by atoms with E-state index in [1.54, 1.807) is 0 Å². The highest BCUT2D eigenvalue weighted by atomic mass is 16.3. The topological polar surface area (TPSA) is 61.4 Å². The van der Waals surface area contributed by atoms with Crippen molar-refractivity contribution >= 4 is 5.91 Å². The molecule has 4 heteroatoms. The minimum absolute atomic E-state index is 0.0732. The fourth-order valence-corrected chi connectivity index (χ4v) is 1.03. The van der Waals surface area contributed by atoms with E-state index in [1.165, 1.54) is 0 Å². The first-order valence-electron chi connectivity index (χ1n) is 5.27. The van der Waals surface area contributed by atoms with Gasteiger partial charge in [-0.25, -0.2) is 0 Å². The molecule has 0 bridgehead atoms. The van der Waals surface area contributed by atoms with Crippen molar-refractivity contribution in [1.82, 2.24) is 10.6 Å². The van der Waals surface area contributed by atoms with Gasteiger partial charge in [0.15, 0.2) is 0 Å². The number of rotatable bonds is 8. The Hall–Kier alpha value is -0.610. The molecule has 0 radical (unpaired) electrons. The Morgan fingerprint density at radius 1 is 1.29 bits per heavy atom. The molecule has 0 rings (SSSR count). The number of amides is 1. The van der Waals surface area contributed by atoms with E-state index in [0.29, 0.717) is 25.4 Å². The zero-order chi connectivity index (χ0) is 10.8. The van der Waals surface area contributed by atoms with E-state index in [-0.39, 0.29) is 12.5 Å². The molecule has 0 saturated carbocycles. The van der Waals surface area contributed by atoms with Crippen molar-refractivity contribution < 1.29 is 9.90 Å². The van der Waals surface area contributed by atoms with E-state index in [0.717, 1.165) is 13.0 Å². The van der Waals surface area contributed by atoms with Gasteiger partial charge in [0, 0.05) is 25.6 Å². The molecule has 1 amide bonds. The first-order valence-corrected chi connectivity index (χ1v) is 5.27. The summed E-state index contributed by atoms with van der Waals surface area (Å²) in [4.78, 5) is 11.1. The number of aliphatic hydroxyl groups excluding tert-OH is 1. The van der Waals surface area contributed by atoms with E-state index in [4.69, 9.17) is 5.11 Å². The molecular formula is C10H22N2O2. The number of nitrogens with one attached hydrogen (secondary N) is 2. The molecular weight excluding hydrogens is 180 g/mol. The molecule has 0 aromatic heterocycles. The molecule has 0 spiro atoms. The lowest BCUT2D eigenvalue weighted by molar-refractivity contribution is -0.121. The lowest BCUT2D eigenvalue weighted by atomic mass is 10.2. The zero-order valence-corrected chi connectivity index (χ0v) is 9.18. The number of aliphatic hydroxyl groups is 1. The van der Waals surface area contributed by atoms with Crippen molar-refractivity contribution in [2.75, 3.05) is 19.7 Å². The molecule has 0 heterocycles. The van der Waals surface area contributed by atoms with Gasteiger partial charge in [0.1, 0.15) is 0 Å². The molecule has 0 fully saturated rings. The highest BCUT2D eigenvalue weighted by molar-refractivity contribution is 5.75. The summed E-state index contributed by atoms with van der Waals surface area (Å²) in [6.07, 6.45) is 2.06. The number of hydrogen-bond acceptors (Lipinski definition) is 3. The van der Waals surface area contributed by atoms with Gasteiger partial charge in [0.25, 0.3) is 0 Å². The van der Waals surface area contributed by atoms with Gasteiger partial charge in [-0.1, -0.05) is 13.8 Å². The van der Waals surface area contributed by atoms with Crippen molar-refractivity contribution in [3.63, 3.8) is 0 Å². The molecule has 0 aromatic carbocycles. The first-order chi connectivity index (χ1) is 6.66. The maximum atomic E-state index is 11.1. The quantitative estimate of drug-likeness (QED) is 0.495. The number of carbonyl (C=O) groups excluding carboxylic acids is 1. The first kappa shape index (κ1) is 13.4. The van der Waals surface area contributed by atoms with Crippen LogP contribution in [0.5, 0.6) is 0 Å². The maximum Gasteiger partial charge on any atom is 0.220 e. The van der Waals surface area contributed by atoms with Crippen molar-refractivity contribution in [3.8, 4) is 0 Å². The Kier molecular flexibility index (Phi) is 8.57. The maximum absolute atomic E-state index is 11.1. The van der Waals surface area contributed by atoms with Crippen LogP contribution >= 0.6 is 0 Å². The van der Waals surface area contributed by atoms with Crippen molar-refractivity contribution in [2.45, 2.75) is 39.2 Å². The van der Waals surface area contributed by atoms with Crippen LogP contribution in [0.1, 0.15) is 33.1 Å². The van der Waals surface area contributed by atoms with Crippen LogP contribution in [0.2, 0.25) is 0 Å². The fraction of sp³-hybridized carbons (Fsp3) is 0.900. The summed E-state index contributed by atoms with van der Waals surface area (Å²) in [6.45, 7) is 5.76. The van der Waals surface area contributed by atoms with Gasteiger partial charge < -0.3 is 15.7 Å². The van der Waals surface area contributed by atoms with Gasteiger partial charge in [0.05, 0.1) is 0 Å². The van der Waals surface area contributed by atoms with Crippen LogP contribution in [0.25, 0.3) is 0 Å². The monoisotopic (exact) mass is 202 g/mol. The molecule has 4 nitrogen and oxygen atoms in total. The highest BCUT2D eigenvalue weighted by Crippen LogP contribution is 1.88. The largest absolute Gasteiger partial charge is 0.396 e. The highest BCUT2D eigenvalue weighted by Gasteiger charge is 1.99. The molecule has 3 N–H and O–H groups in total. The predicted octanol–water partition coefficient (Wildman–Crippen LogP) is 0.263. The molecule has 84 valence electrons. The molecule has 0 aliphatic heterocycles. The molecule has 14 heavy (non-hydrogen) atoms. The van der Waals surface area contributed by atoms with Crippen LogP contribution in [0, 0.1) is 0 Å². The standard InChI is InChI=1S/C10H22N2O2/c1-9(2)11-6-3-5-10(14)12-7-4-8-13/h9,11,13H,3-8H2,1-2H3,(H,12,14). The lowest BCUT2D eigenvalue weighted by Crippen LogP contribution is -2.28. The van der Waals surface area contributed by atoms with Crippen molar-refractivity contribution in [2.24, 2.45) is 0 Å². The molecule has 0 unspecified atom stereocenters. The average Bonchev–Trinajstić information content (AvgIpc) is 2.13. The third-order valence-electron chi connectivity index (χ3n) is 1.79. The average molecular weight is 202 g/mol. The summed E-state index contributed by atoms with van der Waals surface area (Å²) in [5.41, 5.74) is 0. The number of hydrogen-bond donors (Lipinski definition) is 3. The Morgan fingerprint density at radius 2 is 2.00 bits per heavy atom. The van der Waals surface area contributed by atoms with Crippen LogP contribution in [0.15, 0.2) is 0 Å². The lowest BCUT2D eigenvalue weighted by Gasteiger charge is -2.07. The second-order valence-electron chi connectivity index (χ2n) is 3.64. The van der Waals surface area contributed by atoms with Crippen molar-refractivity contribution in [1.29, 1.82) is 0 Å². The normalized spacial score (nSPS) is 10.6. The second kappa shape index (κ2) is 8.97. The SMILES string of the molecule is CC(C)NCCCC(=O)NCCCO. The fourth-order valence-electron chi connectivity index (χ4n) is 1.03. The smallest absolute Gasteiger partial charge is 0.220 e. The second-order valence-corrected chi connectivity index (χ2v) is 3.64. The molecule has 0 atom stereocenters. The van der Waals surface area contributed by atoms with E-state index >= 15 is 0 Å². The molecule has 0 aliphatic carbocycles. The third-order valence-corrected chi connectivity index (χ3v) is 1.79. The summed E-state index contributed by atoms with van der Waals surface area (Å²) >= 11 is 0. The summed E-state index contributed by atoms with van der Waals surface area (Å²) in [5.74, 6) is 0.0732. The Morgan fingerprint density at radius 3 is 2.57 bits per heavy atom. The van der Waals surface area contributed by atoms with E-state index in [1.807, 2.05) is 0 Å². The molecule has 0 aliphatic rings. The van der Waals surface area contributed by atoms with Crippen LogP contribution in [0.3, 0.4) is 0 Å². The van der Waals surface area contributed by atoms with Gasteiger partial charge in [-0.15, -0.1) is 0 Å². The van der Waals surface area contributed by atoms with Gasteiger partial charge in [0.2, 0.25) is 5.91 Å². The minimum atomic E-state index is 0.0732. The van der Waals surface area contributed by atoms with Crippen molar-refractivity contribution in [3.05, 3.63) is 0 Å². The minimum Gasteiger partial charge on any atom is -0.396 e. The van der Waals surface area contributed by atoms with Crippen LogP contribution in [0.4, 0.5) is 0 Å². The predicted molar refractivity (Wildman–Crippen MR) is 57.1 cm³/mol. The summed E-state index contributed by atoms with van der Waals surface area (Å²) in [5, 5.41) is 14.5. The van der Waals surface area contributed by atoms with Crippen LogP contribution in [-0.2, 0) is 4.79 Å². The Labute approximate surface area is 86.1 Å². The van der Waals surface area contributed by atoms with Crippen LogP contribution in [-0.4, -0.2) is 36.8 Å². The third kappa shape index (κ3) is 9.48. The number of carbonyl (C=O) groups is 1. The molecule has 0 saturated heterocycles. The van der Waals surface area contributed by atoms with Gasteiger partial charge in [-0.2, -0.15) is 0 Å². The summed E-state index contributed by atoms with van der Waals surface area (Å²) < 4.78 is 0. The van der Waals surface area contributed by atoms with E-state index < -0.39 is 0 Å². The van der Waals surface area contributed by atoms with Gasteiger partial charge in [-0.05, 0) is 19.4 Å². The zero-order valence-electron chi connectivity index (χ0n) is 9.18. The van der Waals surface area contributed by atoms with Gasteiger partial charge in [-0.3, -0.25) is 4.79 Å². The summed E-state index contributed by atoms with van der Waals surface area (Å²) in [6, 6.07) is 0.479. The van der Waals surface area contributed by atoms with E-state index in [9.17, 15) is 4.79 Å². The summed E-state index contributed by atoms with van der Waals surface area (Å²) in [7, 11) is 0. The van der Waals surface area contributed by atoms with Crippen LogP contribution < -0.4 is 10.6 Å².